The summed E-state index contributed by atoms with van der Waals surface area (Å²) in [6.45, 7) is 4.01. The third kappa shape index (κ3) is 3.57. The Morgan fingerprint density at radius 3 is 2.78 bits per heavy atom. The molecule has 2 saturated heterocycles. The van der Waals surface area contributed by atoms with Crippen molar-refractivity contribution in [1.29, 1.82) is 0 Å². The first-order chi connectivity index (χ1) is 11.2. The summed E-state index contributed by atoms with van der Waals surface area (Å²) in [6, 6.07) is 3.77. The lowest BCUT2D eigenvalue weighted by atomic mass is 10.0. The van der Waals surface area contributed by atoms with Crippen LogP contribution < -0.4 is 0 Å². The van der Waals surface area contributed by atoms with Crippen molar-refractivity contribution in [3.8, 4) is 0 Å². The quantitative estimate of drug-likeness (QED) is 0.800. The lowest BCUT2D eigenvalue weighted by molar-refractivity contribution is -0.127. The van der Waals surface area contributed by atoms with E-state index in [2.05, 4.69) is 0 Å². The van der Waals surface area contributed by atoms with Crippen LogP contribution in [0.15, 0.2) is 28.9 Å². The van der Waals surface area contributed by atoms with Gasteiger partial charge in [-0.3, -0.25) is 4.79 Å². The molecule has 2 aliphatic heterocycles. The first kappa shape index (κ1) is 15.6. The maximum Gasteiger partial charge on any atom is 0.410 e. The summed E-state index contributed by atoms with van der Waals surface area (Å²) in [5, 5.41) is 0. The fourth-order valence-corrected chi connectivity index (χ4v) is 3.09. The topological polar surface area (TPSA) is 63.0 Å². The van der Waals surface area contributed by atoms with Gasteiger partial charge in [-0.15, -0.1) is 0 Å². The number of hydrogen-bond acceptors (Lipinski definition) is 4. The van der Waals surface area contributed by atoms with Crippen LogP contribution in [-0.4, -0.2) is 53.6 Å². The fourth-order valence-electron chi connectivity index (χ4n) is 3.09. The average molecular weight is 318 g/mol. The van der Waals surface area contributed by atoms with Gasteiger partial charge in [-0.1, -0.05) is 6.92 Å². The molecule has 0 spiro atoms. The SMILES string of the molecule is CCC1CN(C2CCN(C(=O)C=Cc3ccco3)CC2)C(=O)O1. The fraction of sp³-hybridized carbons (Fsp3) is 0.529. The normalized spacial score (nSPS) is 22.8. The minimum atomic E-state index is -0.209. The van der Waals surface area contributed by atoms with Gasteiger partial charge in [0.05, 0.1) is 12.8 Å². The minimum absolute atomic E-state index is 0.0124. The van der Waals surface area contributed by atoms with Crippen LogP contribution in [0, 0.1) is 0 Å². The highest BCUT2D eigenvalue weighted by Gasteiger charge is 2.36. The first-order valence-electron chi connectivity index (χ1n) is 8.15. The monoisotopic (exact) mass is 318 g/mol. The van der Waals surface area contributed by atoms with E-state index in [1.807, 2.05) is 16.7 Å². The number of ether oxygens (including phenoxy) is 1. The molecule has 1 atom stereocenters. The van der Waals surface area contributed by atoms with Gasteiger partial charge in [0.2, 0.25) is 5.91 Å². The molecule has 3 rings (SSSR count). The van der Waals surface area contributed by atoms with Crippen molar-refractivity contribution < 1.29 is 18.7 Å². The van der Waals surface area contributed by atoms with Gasteiger partial charge in [0.1, 0.15) is 11.9 Å². The third-order valence-corrected chi connectivity index (χ3v) is 4.51. The van der Waals surface area contributed by atoms with E-state index in [4.69, 9.17) is 9.15 Å². The van der Waals surface area contributed by atoms with Crippen molar-refractivity contribution in [3.05, 3.63) is 30.2 Å². The van der Waals surface area contributed by atoms with Gasteiger partial charge in [0, 0.05) is 25.2 Å². The van der Waals surface area contributed by atoms with E-state index in [0.29, 0.717) is 25.4 Å². The van der Waals surface area contributed by atoms with Crippen LogP contribution >= 0.6 is 0 Å². The number of piperidine rings is 1. The molecule has 6 heteroatoms. The molecule has 124 valence electrons. The van der Waals surface area contributed by atoms with E-state index < -0.39 is 0 Å². The molecular weight excluding hydrogens is 296 g/mol. The summed E-state index contributed by atoms with van der Waals surface area (Å²) in [6.07, 6.45) is 7.04. The molecule has 0 radical (unpaired) electrons. The Balaban J connectivity index is 1.50. The standard InChI is InChI=1S/C17H22N2O4/c1-2-14-12-19(17(21)23-14)13-7-9-18(10-8-13)16(20)6-5-15-4-3-11-22-15/h3-6,11,13-14H,2,7-10,12H2,1H3. The van der Waals surface area contributed by atoms with Crippen molar-refractivity contribution in [2.75, 3.05) is 19.6 Å². The second-order valence-electron chi connectivity index (χ2n) is 5.97. The van der Waals surface area contributed by atoms with Crippen molar-refractivity contribution in [1.82, 2.24) is 9.80 Å². The summed E-state index contributed by atoms with van der Waals surface area (Å²) in [5.74, 6) is 0.647. The highest BCUT2D eigenvalue weighted by atomic mass is 16.6. The number of carbonyl (C=O) groups excluding carboxylic acids is 2. The number of likely N-dealkylation sites (tertiary alicyclic amines) is 1. The Kier molecular flexibility index (Phi) is 4.69. The molecule has 0 aromatic carbocycles. The zero-order valence-corrected chi connectivity index (χ0v) is 13.3. The van der Waals surface area contributed by atoms with Crippen LogP contribution in [0.3, 0.4) is 0 Å². The molecule has 2 amide bonds. The van der Waals surface area contributed by atoms with Gasteiger partial charge < -0.3 is 19.0 Å². The Bertz CT molecular complexity index is 573. The van der Waals surface area contributed by atoms with E-state index in [1.165, 1.54) is 6.08 Å². The van der Waals surface area contributed by atoms with Gasteiger partial charge in [0.25, 0.3) is 0 Å². The Labute approximate surface area is 135 Å². The molecule has 3 heterocycles. The van der Waals surface area contributed by atoms with E-state index in [-0.39, 0.29) is 24.1 Å². The first-order valence-corrected chi connectivity index (χ1v) is 8.15. The van der Waals surface area contributed by atoms with Gasteiger partial charge in [-0.25, -0.2) is 4.79 Å². The predicted octanol–water partition coefficient (Wildman–Crippen LogP) is 2.51. The Morgan fingerprint density at radius 2 is 2.17 bits per heavy atom. The zero-order valence-electron chi connectivity index (χ0n) is 13.3. The molecule has 1 unspecified atom stereocenters. The molecule has 6 nitrogen and oxygen atoms in total. The molecule has 0 bridgehead atoms. The summed E-state index contributed by atoms with van der Waals surface area (Å²) < 4.78 is 10.5. The largest absolute Gasteiger partial charge is 0.465 e. The van der Waals surface area contributed by atoms with Crippen molar-refractivity contribution >= 4 is 18.1 Å². The zero-order chi connectivity index (χ0) is 16.2. The van der Waals surface area contributed by atoms with Gasteiger partial charge in [-0.2, -0.15) is 0 Å². The van der Waals surface area contributed by atoms with Gasteiger partial charge >= 0.3 is 6.09 Å². The van der Waals surface area contributed by atoms with Crippen LogP contribution in [-0.2, 0) is 9.53 Å². The van der Waals surface area contributed by atoms with Gasteiger partial charge in [0.15, 0.2) is 0 Å². The van der Waals surface area contributed by atoms with E-state index >= 15 is 0 Å². The van der Waals surface area contributed by atoms with Crippen molar-refractivity contribution in [2.24, 2.45) is 0 Å². The summed E-state index contributed by atoms with van der Waals surface area (Å²) >= 11 is 0. The molecule has 2 fully saturated rings. The second-order valence-corrected chi connectivity index (χ2v) is 5.97. The average Bonchev–Trinajstić information content (AvgIpc) is 3.22. The maximum atomic E-state index is 12.2. The molecule has 0 N–H and O–H groups in total. The number of rotatable bonds is 4. The van der Waals surface area contributed by atoms with E-state index in [0.717, 1.165) is 19.3 Å². The number of hydrogen-bond donors (Lipinski definition) is 0. The minimum Gasteiger partial charge on any atom is -0.465 e. The smallest absolute Gasteiger partial charge is 0.410 e. The number of carbonyl (C=O) groups is 2. The van der Waals surface area contributed by atoms with Crippen LogP contribution in [0.1, 0.15) is 31.9 Å². The highest BCUT2D eigenvalue weighted by Crippen LogP contribution is 2.23. The molecule has 2 aliphatic rings. The van der Waals surface area contributed by atoms with Crippen molar-refractivity contribution in [2.45, 2.75) is 38.3 Å². The number of nitrogens with zero attached hydrogens (tertiary/aromatic N) is 2. The van der Waals surface area contributed by atoms with Crippen LogP contribution in [0.4, 0.5) is 4.79 Å². The second kappa shape index (κ2) is 6.89. The number of amides is 2. The molecule has 0 aliphatic carbocycles. The highest BCUT2D eigenvalue weighted by molar-refractivity contribution is 5.91. The lowest BCUT2D eigenvalue weighted by Crippen LogP contribution is -2.46. The van der Waals surface area contributed by atoms with E-state index in [9.17, 15) is 9.59 Å². The Hall–Kier alpha value is -2.24. The van der Waals surface area contributed by atoms with Crippen LogP contribution in [0.25, 0.3) is 6.08 Å². The number of furan rings is 1. The molecule has 1 aromatic heterocycles. The molecule has 0 saturated carbocycles. The Morgan fingerprint density at radius 1 is 1.39 bits per heavy atom. The number of cyclic esters (lactones) is 1. The van der Waals surface area contributed by atoms with E-state index in [1.54, 1.807) is 24.5 Å². The van der Waals surface area contributed by atoms with Crippen LogP contribution in [0.2, 0.25) is 0 Å². The third-order valence-electron chi connectivity index (χ3n) is 4.51. The summed E-state index contributed by atoms with van der Waals surface area (Å²) in [7, 11) is 0. The summed E-state index contributed by atoms with van der Waals surface area (Å²) in [4.78, 5) is 27.7. The maximum absolute atomic E-state index is 12.2. The van der Waals surface area contributed by atoms with Crippen LogP contribution in [0.5, 0.6) is 0 Å². The predicted molar refractivity (Wildman–Crippen MR) is 84.6 cm³/mol. The molecule has 23 heavy (non-hydrogen) atoms. The summed E-state index contributed by atoms with van der Waals surface area (Å²) in [5.41, 5.74) is 0. The lowest BCUT2D eigenvalue weighted by Gasteiger charge is -2.35. The molecule has 1 aromatic rings. The van der Waals surface area contributed by atoms with Gasteiger partial charge in [-0.05, 0) is 37.5 Å². The molecular formula is C17H22N2O4. The van der Waals surface area contributed by atoms with Crippen molar-refractivity contribution in [3.63, 3.8) is 0 Å².